The Kier molecular flexibility index (Phi) is 2.65. The standard InChI is InChI=1S/C10H12N4O2S/c1-7-12-9-8(17(15)6-11-9)10(13-7)14-2-4-16-5-3-14/h6H,2-5H2,1H3. The van der Waals surface area contributed by atoms with Gasteiger partial charge in [0.2, 0.25) is 11.2 Å². The van der Waals surface area contributed by atoms with Gasteiger partial charge in [-0.25, -0.2) is 9.97 Å². The fourth-order valence-electron chi connectivity index (χ4n) is 1.94. The number of hydrogen-bond acceptors (Lipinski definition) is 6. The molecule has 0 aliphatic carbocycles. The van der Waals surface area contributed by atoms with Crippen LogP contribution in [0.1, 0.15) is 5.82 Å². The molecule has 90 valence electrons. The molecule has 0 N–H and O–H groups in total. The first-order valence-corrected chi connectivity index (χ1v) is 6.63. The zero-order valence-corrected chi connectivity index (χ0v) is 10.2. The summed E-state index contributed by atoms with van der Waals surface area (Å²) >= 11 is 0. The van der Waals surface area contributed by atoms with Crippen LogP contribution in [0.3, 0.4) is 0 Å². The lowest BCUT2D eigenvalue weighted by molar-refractivity contribution is 0.122. The third kappa shape index (κ3) is 1.86. The molecule has 1 unspecified atom stereocenters. The third-order valence-corrected chi connectivity index (χ3v) is 3.79. The van der Waals surface area contributed by atoms with E-state index < -0.39 is 10.8 Å². The van der Waals surface area contributed by atoms with Crippen molar-refractivity contribution in [3.05, 3.63) is 11.3 Å². The van der Waals surface area contributed by atoms with Crippen LogP contribution in [0.15, 0.2) is 5.51 Å². The van der Waals surface area contributed by atoms with Gasteiger partial charge in [0, 0.05) is 13.1 Å². The number of anilines is 1. The molecule has 2 aromatic heterocycles. The Morgan fingerprint density at radius 3 is 2.88 bits per heavy atom. The first kappa shape index (κ1) is 10.8. The predicted octanol–water partition coefficient (Wildman–Crippen LogP) is 0.897. The van der Waals surface area contributed by atoms with Crippen molar-refractivity contribution < 1.29 is 9.29 Å². The van der Waals surface area contributed by atoms with E-state index in [1.165, 1.54) is 5.51 Å². The normalized spacial score (nSPS) is 17.8. The monoisotopic (exact) mass is 252 g/mol. The van der Waals surface area contributed by atoms with Crippen LogP contribution in [0.25, 0.3) is 10.3 Å². The summed E-state index contributed by atoms with van der Waals surface area (Å²) in [4.78, 5) is 14.8. The van der Waals surface area contributed by atoms with Gasteiger partial charge < -0.3 is 14.2 Å². The SMILES string of the molecule is Cc1nc(N2CCOCC2)c2c(nc[s+]2[O-])n1. The van der Waals surface area contributed by atoms with Gasteiger partial charge in [-0.05, 0) is 17.7 Å². The number of ether oxygens (including phenoxy) is 1. The number of hydrogen-bond donors (Lipinski definition) is 0. The maximum Gasteiger partial charge on any atom is 0.261 e. The minimum absolute atomic E-state index is 0.539. The first-order chi connectivity index (χ1) is 8.25. The Morgan fingerprint density at radius 2 is 2.12 bits per heavy atom. The smallest absolute Gasteiger partial charge is 0.261 e. The van der Waals surface area contributed by atoms with Gasteiger partial charge in [-0.15, -0.1) is 0 Å². The topological polar surface area (TPSA) is 74.2 Å². The van der Waals surface area contributed by atoms with Crippen molar-refractivity contribution >= 4 is 26.9 Å². The number of morpholine rings is 1. The second kappa shape index (κ2) is 4.17. The van der Waals surface area contributed by atoms with Gasteiger partial charge in [-0.2, -0.15) is 4.98 Å². The third-order valence-electron chi connectivity index (χ3n) is 2.72. The second-order valence-corrected chi connectivity index (χ2v) is 5.09. The minimum atomic E-state index is -1.22. The van der Waals surface area contributed by atoms with Crippen molar-refractivity contribution in [2.24, 2.45) is 0 Å². The van der Waals surface area contributed by atoms with Gasteiger partial charge in [0.1, 0.15) is 5.82 Å². The summed E-state index contributed by atoms with van der Waals surface area (Å²) in [6.45, 7) is 4.69. The highest BCUT2D eigenvalue weighted by Gasteiger charge is 2.23. The van der Waals surface area contributed by atoms with Crippen molar-refractivity contribution in [1.29, 1.82) is 0 Å². The Hall–Kier alpha value is -1.31. The molecule has 17 heavy (non-hydrogen) atoms. The molecule has 0 aromatic carbocycles. The molecular formula is C10H12N4O2S. The molecule has 7 heteroatoms. The van der Waals surface area contributed by atoms with Crippen LogP contribution in [-0.2, 0) is 4.74 Å². The van der Waals surface area contributed by atoms with Gasteiger partial charge in [0.15, 0.2) is 5.82 Å². The summed E-state index contributed by atoms with van der Waals surface area (Å²) in [5.74, 6) is 1.40. The van der Waals surface area contributed by atoms with E-state index in [1.54, 1.807) is 0 Å². The van der Waals surface area contributed by atoms with Crippen LogP contribution in [0.2, 0.25) is 0 Å². The molecule has 0 saturated carbocycles. The highest BCUT2D eigenvalue weighted by Crippen LogP contribution is 2.32. The van der Waals surface area contributed by atoms with Gasteiger partial charge in [0.25, 0.3) is 4.70 Å². The zero-order valence-electron chi connectivity index (χ0n) is 9.42. The summed E-state index contributed by atoms with van der Waals surface area (Å²) in [6, 6.07) is 0. The molecule has 0 bridgehead atoms. The Bertz CT molecular complexity index is 550. The van der Waals surface area contributed by atoms with Gasteiger partial charge in [-0.3, -0.25) is 0 Å². The summed E-state index contributed by atoms with van der Waals surface area (Å²) in [5.41, 5.74) is 1.96. The predicted molar refractivity (Wildman–Crippen MR) is 63.8 cm³/mol. The molecule has 0 radical (unpaired) electrons. The lowest BCUT2D eigenvalue weighted by atomic mass is 10.4. The maximum absolute atomic E-state index is 11.9. The van der Waals surface area contributed by atoms with Gasteiger partial charge in [-0.1, -0.05) is 0 Å². The van der Waals surface area contributed by atoms with Crippen molar-refractivity contribution in [3.8, 4) is 0 Å². The highest BCUT2D eigenvalue weighted by atomic mass is 32.2. The first-order valence-electron chi connectivity index (χ1n) is 5.42. The molecule has 3 rings (SSSR count). The van der Waals surface area contributed by atoms with Crippen molar-refractivity contribution in [2.45, 2.75) is 6.92 Å². The Labute approximate surface area is 101 Å². The van der Waals surface area contributed by atoms with E-state index in [-0.39, 0.29) is 0 Å². The van der Waals surface area contributed by atoms with E-state index in [0.29, 0.717) is 29.4 Å². The summed E-state index contributed by atoms with van der Waals surface area (Å²) in [6.07, 6.45) is 0. The minimum Gasteiger partial charge on any atom is -0.589 e. The van der Waals surface area contributed by atoms with Crippen LogP contribution >= 0.6 is 10.8 Å². The average Bonchev–Trinajstić information content (AvgIpc) is 2.71. The maximum atomic E-state index is 11.9. The largest absolute Gasteiger partial charge is 0.589 e. The van der Waals surface area contributed by atoms with Crippen molar-refractivity contribution in [1.82, 2.24) is 15.0 Å². The average molecular weight is 252 g/mol. The van der Waals surface area contributed by atoms with Crippen LogP contribution in [0, 0.1) is 6.92 Å². The van der Waals surface area contributed by atoms with Crippen LogP contribution in [-0.4, -0.2) is 45.8 Å². The van der Waals surface area contributed by atoms with E-state index in [4.69, 9.17) is 4.74 Å². The lowest BCUT2D eigenvalue weighted by Crippen LogP contribution is -2.37. The molecule has 2 aromatic rings. The summed E-state index contributed by atoms with van der Waals surface area (Å²) in [7, 11) is -1.22. The molecule has 3 heterocycles. The summed E-state index contributed by atoms with van der Waals surface area (Å²) in [5, 5.41) is 0. The number of nitrogens with zero attached hydrogens (tertiary/aromatic N) is 4. The Morgan fingerprint density at radius 1 is 1.35 bits per heavy atom. The molecule has 1 atom stereocenters. The molecular weight excluding hydrogens is 240 g/mol. The van der Waals surface area contributed by atoms with Crippen LogP contribution < -0.4 is 4.90 Å². The number of aromatic nitrogens is 3. The van der Waals surface area contributed by atoms with Gasteiger partial charge >= 0.3 is 0 Å². The molecule has 1 aliphatic heterocycles. The zero-order chi connectivity index (χ0) is 11.8. The Balaban J connectivity index is 2.15. The number of aryl methyl sites for hydroxylation is 1. The van der Waals surface area contributed by atoms with E-state index in [0.717, 1.165) is 18.9 Å². The molecule has 0 spiro atoms. The summed E-state index contributed by atoms with van der Waals surface area (Å²) < 4.78 is 17.8. The fourth-order valence-corrected chi connectivity index (χ4v) is 2.87. The molecule has 1 aliphatic rings. The van der Waals surface area contributed by atoms with Crippen LogP contribution in [0.5, 0.6) is 0 Å². The fraction of sp³-hybridized carbons (Fsp3) is 0.500. The van der Waals surface area contributed by atoms with E-state index in [1.807, 2.05) is 6.92 Å². The lowest BCUT2D eigenvalue weighted by Gasteiger charge is -2.27. The number of fused-ring (bicyclic) bond motifs is 1. The van der Waals surface area contributed by atoms with Crippen LogP contribution in [0.4, 0.5) is 5.82 Å². The molecule has 0 amide bonds. The molecule has 6 nitrogen and oxygen atoms in total. The van der Waals surface area contributed by atoms with E-state index >= 15 is 0 Å². The second-order valence-electron chi connectivity index (χ2n) is 3.88. The van der Waals surface area contributed by atoms with E-state index in [2.05, 4.69) is 19.9 Å². The van der Waals surface area contributed by atoms with Crippen molar-refractivity contribution in [3.63, 3.8) is 0 Å². The van der Waals surface area contributed by atoms with E-state index in [9.17, 15) is 4.55 Å². The molecule has 1 saturated heterocycles. The number of rotatable bonds is 1. The quantitative estimate of drug-likeness (QED) is 0.702. The number of thiazole rings is 1. The highest BCUT2D eigenvalue weighted by molar-refractivity contribution is 7.30. The van der Waals surface area contributed by atoms with Gasteiger partial charge in [0.05, 0.1) is 13.2 Å². The molecule has 1 fully saturated rings. The van der Waals surface area contributed by atoms with Crippen molar-refractivity contribution in [2.75, 3.05) is 31.2 Å².